The van der Waals surface area contributed by atoms with Crippen molar-refractivity contribution in [1.29, 1.82) is 0 Å². The van der Waals surface area contributed by atoms with Gasteiger partial charge in [-0.25, -0.2) is 14.6 Å². The van der Waals surface area contributed by atoms with Crippen LogP contribution in [0, 0.1) is 30.6 Å². The standard InChI is InChI=1S/C64H90N12O15/c1-17-32(8)47-62(87)76-25-19-21-41(76)60(85)72(14)28-43(78)74(16)53(31(6)7)64(89)91-36(12)49(58(83)68-47)70-56(81)44-45(65)54(79)34(10)39-26-38-33(9)22-23-37(50(38)66-51(39)44)55(80)69-48-35(11)90-63(88)52(30(4)5)73(15)42(77)27-71(13)59(84)40-20-18-24-75(40)61(86)46(29(2)3)67-57(48)82/h22-23,29-32,35-36,40-41,46-49,52-53H,17-21,24-28,65H2,1-16H3,(H,67,82)(H,68,83)(H,69,80)(H,70,81)/t32-,35-,36-,40+,41+,46-,47-,48+,49-,52+,53+/m1/s1. The van der Waals surface area contributed by atoms with Crippen LogP contribution >= 0.6 is 0 Å². The molecule has 1 aromatic carbocycles. The normalized spacial score (nSPS) is 27.8. The Labute approximate surface area is 531 Å². The van der Waals surface area contributed by atoms with Crippen LogP contribution in [0.1, 0.15) is 130 Å². The number of nitrogens with zero attached hydrogens (tertiary/aromatic N) is 7. The number of ether oxygens (including phenoxy) is 2. The van der Waals surface area contributed by atoms with Crippen LogP contribution in [0.4, 0.5) is 5.69 Å². The van der Waals surface area contributed by atoms with E-state index in [1.807, 2.05) is 0 Å². The highest BCUT2D eigenvalue weighted by Gasteiger charge is 2.47. The number of amides is 10. The van der Waals surface area contributed by atoms with Gasteiger partial charge in [0, 0.05) is 53.3 Å². The highest BCUT2D eigenvalue weighted by atomic mass is 16.6. The number of carbonyl (C=O) groups is 13. The van der Waals surface area contributed by atoms with Crippen LogP contribution in [-0.4, -0.2) is 227 Å². The number of benzene rings is 1. The van der Waals surface area contributed by atoms with Crippen LogP contribution in [0.3, 0.4) is 0 Å². The van der Waals surface area contributed by atoms with E-state index < -0.39 is 185 Å². The number of nitrogens with two attached hydrogens (primary N) is 1. The number of aryl methyl sites for hydroxylation is 1. The van der Waals surface area contributed by atoms with Gasteiger partial charge in [0.05, 0.1) is 41.3 Å². The van der Waals surface area contributed by atoms with Gasteiger partial charge >= 0.3 is 11.9 Å². The summed E-state index contributed by atoms with van der Waals surface area (Å²) in [6.45, 7) is 19.0. The van der Waals surface area contributed by atoms with Crippen LogP contribution in [0.5, 0.6) is 0 Å². The monoisotopic (exact) mass is 1270 g/mol. The summed E-state index contributed by atoms with van der Waals surface area (Å²) in [5.41, 5.74) is 6.49. The number of fused-ring (bicyclic) bond motifs is 4. The number of hydrogen-bond donors (Lipinski definition) is 5. The van der Waals surface area contributed by atoms with Crippen molar-refractivity contribution in [3.63, 3.8) is 0 Å². The van der Waals surface area contributed by atoms with Crippen molar-refractivity contribution in [2.75, 3.05) is 54.4 Å². The Morgan fingerprint density at radius 1 is 0.648 bits per heavy atom. The van der Waals surface area contributed by atoms with Crippen LogP contribution in [0.2, 0.25) is 0 Å². The SMILES string of the molecule is CC[C@@H](C)[C@H]1NC(=O)[C@H](NC(=O)C2=C(N)C(=O)C(C)=C3Cc4c(C)ccc(C(=O)N[C@@H]5C(=O)N[C@H](C(C)C)C(=O)N6CCC[C@H]6C(=O)N(C)CC(=O)N(C)[C@@H](C(C)C)C(=O)O[C@@H]5C)c4N=C32)[C@@H](C)OC(=O)[C@H](C(C)C)N(C)C(=O)CN(C)C(=O)[C@@H]2CCCN2C1=O. The van der Waals surface area contributed by atoms with E-state index in [0.29, 0.717) is 36.8 Å². The number of carbonyl (C=O) groups excluding carboxylic acids is 13. The fourth-order valence-corrected chi connectivity index (χ4v) is 12.9. The number of allylic oxidation sites excluding steroid dienone is 2. The fourth-order valence-electron chi connectivity index (χ4n) is 12.9. The van der Waals surface area contributed by atoms with Gasteiger partial charge in [0.1, 0.15) is 60.5 Å². The number of ketones is 1. The van der Waals surface area contributed by atoms with Gasteiger partial charge in [-0.15, -0.1) is 0 Å². The van der Waals surface area contributed by atoms with Crippen molar-refractivity contribution in [2.24, 2.45) is 34.4 Å². The molecule has 11 atom stereocenters. The topological polar surface area (TPSA) is 346 Å². The Balaban J connectivity index is 1.29. The number of likely N-dealkylation sites (N-methyl/N-ethyl adjacent to an activating group) is 4. The largest absolute Gasteiger partial charge is 0.458 e. The number of rotatable bonds is 9. The Morgan fingerprint density at radius 3 is 1.55 bits per heavy atom. The molecule has 7 rings (SSSR count). The first-order valence-corrected chi connectivity index (χ1v) is 31.4. The van der Waals surface area contributed by atoms with Gasteiger partial charge in [-0.1, -0.05) is 67.9 Å². The molecule has 1 aromatic rings. The van der Waals surface area contributed by atoms with Crippen LogP contribution < -0.4 is 27.0 Å². The maximum absolute atomic E-state index is 15.3. The molecule has 6 N–H and O–H groups in total. The molecule has 0 radical (unpaired) electrons. The first-order chi connectivity index (χ1) is 42.6. The van der Waals surface area contributed by atoms with Crippen molar-refractivity contribution in [3.8, 4) is 0 Å². The summed E-state index contributed by atoms with van der Waals surface area (Å²) in [6, 6.07) is -7.50. The molecule has 6 aliphatic rings. The number of aliphatic imine (C=N–C) groups is 1. The van der Waals surface area contributed by atoms with E-state index in [0.717, 1.165) is 9.80 Å². The van der Waals surface area contributed by atoms with Gasteiger partial charge in [0.25, 0.3) is 11.8 Å². The average molecular weight is 1270 g/mol. The Hall–Kier alpha value is -8.52. The number of hydrogen-bond acceptors (Lipinski definition) is 17. The van der Waals surface area contributed by atoms with Gasteiger partial charge in [-0.05, 0) is 99.8 Å². The summed E-state index contributed by atoms with van der Waals surface area (Å²) >= 11 is 0. The van der Waals surface area contributed by atoms with Crippen LogP contribution in [0.25, 0.3) is 0 Å². The fraction of sp³-hybridized carbons (Fsp3) is 0.625. The van der Waals surface area contributed by atoms with Gasteiger partial charge in [0.15, 0.2) is 0 Å². The predicted molar refractivity (Wildman–Crippen MR) is 331 cm³/mol. The molecule has 0 saturated carbocycles. The minimum Gasteiger partial charge on any atom is -0.458 e. The highest BCUT2D eigenvalue weighted by Crippen LogP contribution is 2.40. The van der Waals surface area contributed by atoms with E-state index in [9.17, 15) is 47.9 Å². The lowest BCUT2D eigenvalue weighted by molar-refractivity contribution is -0.163. The minimum absolute atomic E-state index is 0.0253. The number of esters is 2. The van der Waals surface area contributed by atoms with E-state index in [2.05, 4.69) is 21.3 Å². The second-order valence-corrected chi connectivity index (χ2v) is 26.1. The molecular weight excluding hydrogens is 1180 g/mol. The van der Waals surface area contributed by atoms with Crippen molar-refractivity contribution >= 4 is 88.2 Å². The van der Waals surface area contributed by atoms with E-state index in [-0.39, 0.29) is 54.0 Å². The third kappa shape index (κ3) is 14.2. The van der Waals surface area contributed by atoms with Crippen LogP contribution in [-0.2, 0) is 73.4 Å². The Kier molecular flexibility index (Phi) is 21.8. The van der Waals surface area contributed by atoms with Crippen LogP contribution in [0.15, 0.2) is 39.5 Å². The summed E-state index contributed by atoms with van der Waals surface area (Å²) in [4.78, 5) is 200. The minimum atomic E-state index is -1.84. The molecule has 1 aliphatic carbocycles. The maximum atomic E-state index is 15.3. The Bertz CT molecular complexity index is 3280. The van der Waals surface area contributed by atoms with Gasteiger partial charge < -0.3 is 65.9 Å². The zero-order valence-electron chi connectivity index (χ0n) is 55.1. The number of cyclic esters (lactones) is 2. The Morgan fingerprint density at radius 2 is 1.10 bits per heavy atom. The van der Waals surface area contributed by atoms with Crippen molar-refractivity contribution in [1.82, 2.24) is 50.7 Å². The maximum Gasteiger partial charge on any atom is 0.329 e. The van der Waals surface area contributed by atoms with Crippen molar-refractivity contribution in [2.45, 2.75) is 182 Å². The summed E-state index contributed by atoms with van der Waals surface area (Å²) in [7, 11) is 5.64. The lowest BCUT2D eigenvalue weighted by Crippen LogP contribution is -2.62. The molecule has 27 heteroatoms. The lowest BCUT2D eigenvalue weighted by atomic mass is 9.80. The zero-order chi connectivity index (χ0) is 67.7. The zero-order valence-corrected chi connectivity index (χ0v) is 55.1. The molecule has 4 saturated heterocycles. The quantitative estimate of drug-likeness (QED) is 0.168. The number of Topliss-reactive ketones (excluding diaryl/α,β-unsaturated/α-hetero) is 1. The third-order valence-corrected chi connectivity index (χ3v) is 18.6. The molecule has 0 bridgehead atoms. The van der Waals surface area contributed by atoms with Gasteiger partial charge in [0.2, 0.25) is 53.0 Å². The number of nitrogens with one attached hydrogen (secondary N) is 4. The molecule has 496 valence electrons. The molecule has 0 spiro atoms. The molecule has 27 nitrogen and oxygen atoms in total. The van der Waals surface area contributed by atoms with E-state index >= 15 is 14.4 Å². The molecule has 4 fully saturated rings. The molecule has 5 heterocycles. The summed E-state index contributed by atoms with van der Waals surface area (Å²) in [5, 5.41) is 10.9. The average Bonchev–Trinajstić information content (AvgIpc) is 1.26. The van der Waals surface area contributed by atoms with Gasteiger partial charge in [-0.3, -0.25) is 52.7 Å². The smallest absolute Gasteiger partial charge is 0.329 e. The molecule has 91 heavy (non-hydrogen) atoms. The third-order valence-electron chi connectivity index (χ3n) is 18.6. The van der Waals surface area contributed by atoms with Crippen molar-refractivity contribution < 1.29 is 71.8 Å². The molecular formula is C64H90N12O15. The summed E-state index contributed by atoms with van der Waals surface area (Å²) < 4.78 is 12.0. The van der Waals surface area contributed by atoms with Crippen molar-refractivity contribution in [3.05, 3.63) is 51.2 Å². The second kappa shape index (κ2) is 28.3. The van der Waals surface area contributed by atoms with Gasteiger partial charge in [-0.2, -0.15) is 0 Å². The second-order valence-electron chi connectivity index (χ2n) is 26.1. The lowest BCUT2D eigenvalue weighted by Gasteiger charge is -2.36. The molecule has 10 amide bonds. The predicted octanol–water partition coefficient (Wildman–Crippen LogP) is 0.746. The van der Waals surface area contributed by atoms with E-state index in [1.165, 1.54) is 74.6 Å². The molecule has 0 aromatic heterocycles. The highest BCUT2D eigenvalue weighted by molar-refractivity contribution is 6.38. The first-order valence-electron chi connectivity index (χ1n) is 31.4. The molecule has 5 aliphatic heterocycles. The summed E-state index contributed by atoms with van der Waals surface area (Å²) in [5.74, 6) is -12.4. The molecule has 0 unspecified atom stereocenters. The van der Waals surface area contributed by atoms with E-state index in [4.69, 9.17) is 20.2 Å². The van der Waals surface area contributed by atoms with E-state index in [1.54, 1.807) is 68.4 Å². The summed E-state index contributed by atoms with van der Waals surface area (Å²) in [6.07, 6.45) is -1.28. The first kappa shape index (κ1) is 69.9.